The largest absolute Gasteiger partial charge is 0.330 e. The molecule has 1 atom stereocenters. The molecule has 0 aliphatic carbocycles. The van der Waals surface area contributed by atoms with E-state index in [2.05, 4.69) is 22.3 Å². The van der Waals surface area contributed by atoms with Crippen molar-refractivity contribution in [2.45, 2.75) is 31.7 Å². The van der Waals surface area contributed by atoms with E-state index in [1.807, 2.05) is 0 Å². The van der Waals surface area contributed by atoms with Gasteiger partial charge in [-0.25, -0.2) is 4.98 Å². The van der Waals surface area contributed by atoms with Gasteiger partial charge < -0.3 is 10.6 Å². The smallest absolute Gasteiger partial charge is 0.0943 e. The van der Waals surface area contributed by atoms with Gasteiger partial charge in [0, 0.05) is 24.3 Å². The predicted octanol–water partition coefficient (Wildman–Crippen LogP) is 1.28. The number of thiazole rings is 1. The van der Waals surface area contributed by atoms with Crippen molar-refractivity contribution in [3.8, 4) is 0 Å². The second-order valence-electron chi connectivity index (χ2n) is 4.25. The highest BCUT2D eigenvalue weighted by Crippen LogP contribution is 2.21. The van der Waals surface area contributed by atoms with Gasteiger partial charge in [-0.15, -0.1) is 11.3 Å². The van der Waals surface area contributed by atoms with Crippen molar-refractivity contribution in [2.75, 3.05) is 20.1 Å². The van der Waals surface area contributed by atoms with Crippen LogP contribution in [0.4, 0.5) is 0 Å². The van der Waals surface area contributed by atoms with E-state index in [-0.39, 0.29) is 0 Å². The number of aromatic nitrogens is 1. The van der Waals surface area contributed by atoms with Crippen molar-refractivity contribution in [3.05, 3.63) is 16.1 Å². The molecule has 1 unspecified atom stereocenters. The Labute approximate surface area is 95.3 Å². The maximum absolute atomic E-state index is 5.51. The number of nitrogens with two attached hydrogens (primary N) is 1. The fraction of sp³-hybridized carbons (Fsp3) is 0.727. The first-order valence-electron chi connectivity index (χ1n) is 5.63. The third-order valence-electron chi connectivity index (χ3n) is 3.08. The molecule has 0 bridgehead atoms. The molecular weight excluding hydrogens is 206 g/mol. The lowest BCUT2D eigenvalue weighted by atomic mass is 10.1. The van der Waals surface area contributed by atoms with Crippen molar-refractivity contribution >= 4 is 11.3 Å². The Balaban J connectivity index is 1.92. The average molecular weight is 225 g/mol. The second-order valence-corrected chi connectivity index (χ2v) is 5.19. The fourth-order valence-corrected chi connectivity index (χ4v) is 3.05. The van der Waals surface area contributed by atoms with Crippen LogP contribution in [0.5, 0.6) is 0 Å². The Hall–Kier alpha value is -0.450. The van der Waals surface area contributed by atoms with Gasteiger partial charge in [0.1, 0.15) is 0 Å². The maximum atomic E-state index is 5.51. The number of nitrogens with zero attached hydrogens (tertiary/aromatic N) is 2. The molecule has 15 heavy (non-hydrogen) atoms. The Kier molecular flexibility index (Phi) is 3.72. The molecule has 3 nitrogen and oxygen atoms in total. The highest BCUT2D eigenvalue weighted by Gasteiger charge is 2.21. The number of likely N-dealkylation sites (N-methyl/N-ethyl adjacent to an activating group) is 1. The van der Waals surface area contributed by atoms with Crippen molar-refractivity contribution in [2.24, 2.45) is 5.73 Å². The minimum Gasteiger partial charge on any atom is -0.330 e. The zero-order valence-corrected chi connectivity index (χ0v) is 10.1. The first kappa shape index (κ1) is 11.0. The summed E-state index contributed by atoms with van der Waals surface area (Å²) < 4.78 is 0. The molecule has 4 heteroatoms. The van der Waals surface area contributed by atoms with Gasteiger partial charge in [0.15, 0.2) is 0 Å². The third-order valence-corrected chi connectivity index (χ3v) is 4.00. The summed E-state index contributed by atoms with van der Waals surface area (Å²) in [5.41, 5.74) is 6.68. The zero-order valence-electron chi connectivity index (χ0n) is 9.28. The van der Waals surface area contributed by atoms with E-state index in [1.165, 1.54) is 24.4 Å². The minimum atomic E-state index is 0.701. The van der Waals surface area contributed by atoms with E-state index in [9.17, 15) is 0 Å². The zero-order chi connectivity index (χ0) is 10.7. The lowest BCUT2D eigenvalue weighted by Crippen LogP contribution is -2.26. The number of hydrogen-bond acceptors (Lipinski definition) is 4. The van der Waals surface area contributed by atoms with Crippen LogP contribution >= 0.6 is 11.3 Å². The van der Waals surface area contributed by atoms with Crippen molar-refractivity contribution in [3.63, 3.8) is 0 Å². The number of likely N-dealkylation sites (tertiary alicyclic amines) is 1. The van der Waals surface area contributed by atoms with Crippen LogP contribution in [0.15, 0.2) is 5.38 Å². The molecule has 2 rings (SSSR count). The van der Waals surface area contributed by atoms with Crippen LogP contribution in [0.3, 0.4) is 0 Å². The molecule has 1 saturated heterocycles. The standard InChI is InChI=1S/C11H19N3S/c1-14-6-2-3-10(14)7-11-13-9(4-5-12)8-15-11/h8,10H,2-7,12H2,1H3. The summed E-state index contributed by atoms with van der Waals surface area (Å²) in [6.45, 7) is 1.94. The van der Waals surface area contributed by atoms with Crippen molar-refractivity contribution in [1.82, 2.24) is 9.88 Å². The van der Waals surface area contributed by atoms with Crippen LogP contribution in [-0.4, -0.2) is 36.1 Å². The summed E-state index contributed by atoms with van der Waals surface area (Å²) in [7, 11) is 2.21. The molecule has 1 aromatic heterocycles. The Morgan fingerprint density at radius 2 is 2.53 bits per heavy atom. The lowest BCUT2D eigenvalue weighted by Gasteiger charge is -2.17. The van der Waals surface area contributed by atoms with Crippen LogP contribution < -0.4 is 5.73 Å². The fourth-order valence-electron chi connectivity index (χ4n) is 2.14. The van der Waals surface area contributed by atoms with E-state index >= 15 is 0 Å². The molecule has 1 aliphatic rings. The van der Waals surface area contributed by atoms with Gasteiger partial charge >= 0.3 is 0 Å². The molecular formula is C11H19N3S. The predicted molar refractivity (Wildman–Crippen MR) is 64.2 cm³/mol. The van der Waals surface area contributed by atoms with E-state index in [0.717, 1.165) is 18.5 Å². The van der Waals surface area contributed by atoms with E-state index in [0.29, 0.717) is 12.6 Å². The topological polar surface area (TPSA) is 42.2 Å². The van der Waals surface area contributed by atoms with Gasteiger partial charge in [-0.05, 0) is 33.0 Å². The van der Waals surface area contributed by atoms with Gasteiger partial charge in [0.05, 0.1) is 10.7 Å². The maximum Gasteiger partial charge on any atom is 0.0943 e. The molecule has 0 aromatic carbocycles. The summed E-state index contributed by atoms with van der Waals surface area (Å²) in [6.07, 6.45) is 4.69. The number of hydrogen-bond donors (Lipinski definition) is 1. The SMILES string of the molecule is CN1CCCC1Cc1nc(CCN)cs1. The van der Waals surface area contributed by atoms with Gasteiger partial charge in [-0.3, -0.25) is 0 Å². The van der Waals surface area contributed by atoms with E-state index < -0.39 is 0 Å². The number of rotatable bonds is 4. The summed E-state index contributed by atoms with van der Waals surface area (Å²) in [5.74, 6) is 0. The molecule has 84 valence electrons. The molecule has 0 radical (unpaired) electrons. The Morgan fingerprint density at radius 1 is 1.67 bits per heavy atom. The summed E-state index contributed by atoms with van der Waals surface area (Å²) in [4.78, 5) is 7.06. The van der Waals surface area contributed by atoms with E-state index in [4.69, 9.17) is 5.73 Å². The minimum absolute atomic E-state index is 0.701. The molecule has 0 amide bonds. The molecule has 0 saturated carbocycles. The van der Waals surface area contributed by atoms with Crippen molar-refractivity contribution < 1.29 is 0 Å². The van der Waals surface area contributed by atoms with Gasteiger partial charge in [-0.2, -0.15) is 0 Å². The molecule has 1 aliphatic heterocycles. The molecule has 1 aromatic rings. The van der Waals surface area contributed by atoms with Crippen molar-refractivity contribution in [1.29, 1.82) is 0 Å². The van der Waals surface area contributed by atoms with E-state index in [1.54, 1.807) is 11.3 Å². The quantitative estimate of drug-likeness (QED) is 0.839. The normalized spacial score (nSPS) is 22.4. The first-order chi connectivity index (χ1) is 7.29. The average Bonchev–Trinajstić information content (AvgIpc) is 2.79. The van der Waals surface area contributed by atoms with Gasteiger partial charge in [0.2, 0.25) is 0 Å². The summed E-state index contributed by atoms with van der Waals surface area (Å²) >= 11 is 1.79. The van der Waals surface area contributed by atoms with Crippen LogP contribution in [0.1, 0.15) is 23.5 Å². The summed E-state index contributed by atoms with van der Waals surface area (Å²) in [6, 6.07) is 0.710. The molecule has 1 fully saturated rings. The molecule has 2 N–H and O–H groups in total. The monoisotopic (exact) mass is 225 g/mol. The van der Waals surface area contributed by atoms with Gasteiger partial charge in [-0.1, -0.05) is 0 Å². The highest BCUT2D eigenvalue weighted by molar-refractivity contribution is 7.09. The lowest BCUT2D eigenvalue weighted by molar-refractivity contribution is 0.309. The highest BCUT2D eigenvalue weighted by atomic mass is 32.1. The Bertz CT molecular complexity index is 311. The van der Waals surface area contributed by atoms with Gasteiger partial charge in [0.25, 0.3) is 0 Å². The molecule has 2 heterocycles. The van der Waals surface area contributed by atoms with Crippen LogP contribution in [-0.2, 0) is 12.8 Å². The van der Waals surface area contributed by atoms with Crippen LogP contribution in [0, 0.1) is 0 Å². The third kappa shape index (κ3) is 2.77. The second kappa shape index (κ2) is 5.05. The summed E-state index contributed by atoms with van der Waals surface area (Å²) in [5, 5.41) is 3.43. The first-order valence-corrected chi connectivity index (χ1v) is 6.51. The van der Waals surface area contributed by atoms with Crippen LogP contribution in [0.25, 0.3) is 0 Å². The molecule has 0 spiro atoms. The van der Waals surface area contributed by atoms with Crippen LogP contribution in [0.2, 0.25) is 0 Å². The Morgan fingerprint density at radius 3 is 3.20 bits per heavy atom.